The molecule has 37 heavy (non-hydrogen) atoms. The SMILES string of the molecule is COC1=CC=C/C(=C/Nc2cc(C)ccn2)C1=O.COC1=CC=C/C(=C/Nc2cc(C)ccn2)C1=O.[Cu]. The quantitative estimate of drug-likeness (QED) is 0.396. The number of Topliss-reactive ketones (excluding diaryl/α,β-unsaturated/α-hetero) is 2. The molecular formula is C28H28CuN4O4. The second-order valence-electron chi connectivity index (χ2n) is 7.77. The average molecular weight is 548 g/mol. The molecule has 2 aromatic rings. The van der Waals surface area contributed by atoms with Crippen LogP contribution in [0, 0.1) is 13.8 Å². The van der Waals surface area contributed by atoms with E-state index in [1.807, 2.05) is 38.1 Å². The van der Waals surface area contributed by atoms with Crippen molar-refractivity contribution in [2.75, 3.05) is 24.9 Å². The van der Waals surface area contributed by atoms with E-state index in [0.717, 1.165) is 11.1 Å². The van der Waals surface area contributed by atoms with Crippen molar-refractivity contribution in [1.82, 2.24) is 9.97 Å². The summed E-state index contributed by atoms with van der Waals surface area (Å²) in [5, 5.41) is 6.00. The van der Waals surface area contributed by atoms with Crippen LogP contribution in [0.1, 0.15) is 11.1 Å². The van der Waals surface area contributed by atoms with Crippen LogP contribution in [0.4, 0.5) is 11.6 Å². The van der Waals surface area contributed by atoms with Gasteiger partial charge in [0, 0.05) is 53.0 Å². The van der Waals surface area contributed by atoms with Crippen molar-refractivity contribution in [1.29, 1.82) is 0 Å². The van der Waals surface area contributed by atoms with Crippen LogP contribution in [-0.4, -0.2) is 35.8 Å². The molecule has 2 aliphatic rings. The van der Waals surface area contributed by atoms with Crippen LogP contribution in [0.15, 0.2) is 108 Å². The second kappa shape index (κ2) is 14.4. The molecule has 2 aromatic heterocycles. The van der Waals surface area contributed by atoms with Gasteiger partial charge in [-0.25, -0.2) is 9.97 Å². The zero-order valence-corrected chi connectivity index (χ0v) is 21.9. The van der Waals surface area contributed by atoms with Gasteiger partial charge >= 0.3 is 0 Å². The number of methoxy groups -OCH3 is 2. The monoisotopic (exact) mass is 547 g/mol. The first-order valence-corrected chi connectivity index (χ1v) is 11.1. The number of allylic oxidation sites excluding steroid dienone is 8. The summed E-state index contributed by atoms with van der Waals surface area (Å²) >= 11 is 0. The fraction of sp³-hybridized carbons (Fsp3) is 0.143. The number of ketones is 2. The molecule has 0 aromatic carbocycles. The van der Waals surface area contributed by atoms with Crippen LogP contribution < -0.4 is 10.6 Å². The maximum atomic E-state index is 11.9. The van der Waals surface area contributed by atoms with Crippen LogP contribution >= 0.6 is 0 Å². The Morgan fingerprint density at radius 3 is 1.49 bits per heavy atom. The van der Waals surface area contributed by atoms with Crippen molar-refractivity contribution < 1.29 is 36.1 Å². The van der Waals surface area contributed by atoms with E-state index in [2.05, 4.69) is 20.6 Å². The van der Waals surface area contributed by atoms with Crippen molar-refractivity contribution in [2.24, 2.45) is 0 Å². The Labute approximate surface area is 227 Å². The number of pyridine rings is 2. The van der Waals surface area contributed by atoms with Crippen molar-refractivity contribution in [3.63, 3.8) is 0 Å². The minimum atomic E-state index is -0.139. The van der Waals surface area contributed by atoms with Crippen LogP contribution in [0.2, 0.25) is 0 Å². The number of carbonyl (C=O) groups is 2. The van der Waals surface area contributed by atoms with Crippen LogP contribution in [-0.2, 0) is 36.1 Å². The van der Waals surface area contributed by atoms with Gasteiger partial charge in [-0.3, -0.25) is 9.59 Å². The number of aromatic nitrogens is 2. The maximum Gasteiger partial charge on any atom is 0.228 e. The van der Waals surface area contributed by atoms with Gasteiger partial charge in [0.05, 0.1) is 14.2 Å². The number of aryl methyl sites for hydroxylation is 2. The standard InChI is InChI=1S/2C14H14N2O2.Cu/c2*1-10-6-7-15-13(8-10)16-9-11-4-3-5-12(18-2)14(11)17;/h2*3-9H,1-2H3,(H,15,16);/b2*11-9-;. The van der Waals surface area contributed by atoms with E-state index in [-0.39, 0.29) is 28.6 Å². The molecule has 195 valence electrons. The molecule has 0 saturated carbocycles. The van der Waals surface area contributed by atoms with Gasteiger partial charge in [-0.15, -0.1) is 0 Å². The third kappa shape index (κ3) is 8.45. The minimum Gasteiger partial charge on any atom is -0.493 e. The molecular weight excluding hydrogens is 520 g/mol. The van der Waals surface area contributed by atoms with E-state index in [1.165, 1.54) is 14.2 Å². The van der Waals surface area contributed by atoms with Gasteiger partial charge in [-0.1, -0.05) is 12.2 Å². The Morgan fingerprint density at radius 1 is 0.730 bits per heavy atom. The number of anilines is 2. The molecule has 0 amide bonds. The predicted molar refractivity (Wildman–Crippen MR) is 140 cm³/mol. The van der Waals surface area contributed by atoms with Gasteiger partial charge in [-0.2, -0.15) is 0 Å². The fourth-order valence-electron chi connectivity index (χ4n) is 3.15. The normalized spacial score (nSPS) is 16.2. The number of ether oxygens (including phenoxy) is 2. The number of rotatable bonds is 6. The molecule has 9 heteroatoms. The molecule has 0 aliphatic heterocycles. The fourth-order valence-corrected chi connectivity index (χ4v) is 3.15. The first kappa shape index (κ1) is 29.0. The first-order chi connectivity index (χ1) is 17.4. The number of carbonyl (C=O) groups excluding carboxylic acids is 2. The van der Waals surface area contributed by atoms with E-state index in [4.69, 9.17) is 9.47 Å². The van der Waals surface area contributed by atoms with E-state index in [0.29, 0.717) is 34.3 Å². The van der Waals surface area contributed by atoms with Gasteiger partial charge in [0.25, 0.3) is 0 Å². The summed E-state index contributed by atoms with van der Waals surface area (Å²) in [7, 11) is 2.96. The topological polar surface area (TPSA) is 102 Å². The van der Waals surface area contributed by atoms with Gasteiger partial charge in [-0.05, 0) is 73.5 Å². The Hall–Kier alpha value is -4.20. The molecule has 4 rings (SSSR count). The van der Waals surface area contributed by atoms with Gasteiger partial charge < -0.3 is 20.1 Å². The zero-order valence-electron chi connectivity index (χ0n) is 20.9. The van der Waals surface area contributed by atoms with Crippen molar-refractivity contribution >= 4 is 23.2 Å². The first-order valence-electron chi connectivity index (χ1n) is 11.1. The molecule has 8 nitrogen and oxygen atoms in total. The summed E-state index contributed by atoms with van der Waals surface area (Å²) in [6.07, 6.45) is 17.0. The summed E-state index contributed by atoms with van der Waals surface area (Å²) in [4.78, 5) is 32.0. The average Bonchev–Trinajstić information content (AvgIpc) is 2.88. The number of hydrogen-bond acceptors (Lipinski definition) is 8. The van der Waals surface area contributed by atoms with Crippen LogP contribution in [0.3, 0.4) is 0 Å². The summed E-state index contributed by atoms with van der Waals surface area (Å²) < 4.78 is 9.96. The van der Waals surface area contributed by atoms with Crippen LogP contribution in [0.25, 0.3) is 0 Å². The number of nitrogens with zero attached hydrogens (tertiary/aromatic N) is 2. The summed E-state index contributed by atoms with van der Waals surface area (Å²) in [6, 6.07) is 7.63. The predicted octanol–water partition coefficient (Wildman–Crippen LogP) is 4.71. The molecule has 0 bridgehead atoms. The Bertz CT molecular complexity index is 1220. The third-order valence-electron chi connectivity index (χ3n) is 5.04. The molecule has 1 radical (unpaired) electrons. The Kier molecular flexibility index (Phi) is 11.3. The molecule has 0 unspecified atom stereocenters. The molecule has 2 aliphatic carbocycles. The summed E-state index contributed by atoms with van der Waals surface area (Å²) in [6.45, 7) is 3.97. The number of hydrogen-bond donors (Lipinski definition) is 2. The van der Waals surface area contributed by atoms with E-state index in [1.54, 1.807) is 61.2 Å². The van der Waals surface area contributed by atoms with Crippen molar-refractivity contribution in [2.45, 2.75) is 13.8 Å². The second-order valence-corrected chi connectivity index (χ2v) is 7.77. The smallest absolute Gasteiger partial charge is 0.228 e. The molecule has 0 fully saturated rings. The minimum absolute atomic E-state index is 0. The zero-order chi connectivity index (χ0) is 25.9. The van der Waals surface area contributed by atoms with E-state index >= 15 is 0 Å². The summed E-state index contributed by atoms with van der Waals surface area (Å²) in [5.74, 6) is 1.81. The van der Waals surface area contributed by atoms with Gasteiger partial charge in [0.2, 0.25) is 11.6 Å². The van der Waals surface area contributed by atoms with Gasteiger partial charge in [0.15, 0.2) is 11.5 Å². The van der Waals surface area contributed by atoms with Crippen LogP contribution in [0.5, 0.6) is 0 Å². The molecule has 2 N–H and O–H groups in total. The van der Waals surface area contributed by atoms with E-state index in [9.17, 15) is 9.59 Å². The Balaban J connectivity index is 0.000000253. The van der Waals surface area contributed by atoms with Crippen molar-refractivity contribution in [3.8, 4) is 0 Å². The third-order valence-corrected chi connectivity index (χ3v) is 5.04. The summed E-state index contributed by atoms with van der Waals surface area (Å²) in [5.41, 5.74) is 3.29. The van der Waals surface area contributed by atoms with E-state index < -0.39 is 0 Å². The largest absolute Gasteiger partial charge is 0.493 e. The molecule has 0 atom stereocenters. The molecule has 2 heterocycles. The molecule has 0 spiro atoms. The molecule has 0 saturated heterocycles. The van der Waals surface area contributed by atoms with Crippen molar-refractivity contribution in [3.05, 3.63) is 119 Å². The Morgan fingerprint density at radius 2 is 1.14 bits per heavy atom. The maximum absolute atomic E-state index is 11.9. The van der Waals surface area contributed by atoms with Gasteiger partial charge in [0.1, 0.15) is 11.6 Å². The number of nitrogens with one attached hydrogen (secondary N) is 2.